The normalized spacial score (nSPS) is 16.3. The summed E-state index contributed by atoms with van der Waals surface area (Å²) >= 11 is 0. The predicted octanol–water partition coefficient (Wildman–Crippen LogP) is 3.43. The summed E-state index contributed by atoms with van der Waals surface area (Å²) in [5.74, 6) is 2.59. The average Bonchev–Trinajstić information content (AvgIpc) is 3.62. The van der Waals surface area contributed by atoms with Crippen LogP contribution in [0.5, 0.6) is 0 Å². The van der Waals surface area contributed by atoms with Crippen molar-refractivity contribution >= 4 is 30.7 Å². The van der Waals surface area contributed by atoms with Gasteiger partial charge in [-0.15, -0.1) is 0 Å². The Labute approximate surface area is 206 Å². The van der Waals surface area contributed by atoms with Crippen LogP contribution >= 0.6 is 0 Å². The second kappa shape index (κ2) is 9.74. The first-order valence-electron chi connectivity index (χ1n) is 12.0. The highest BCUT2D eigenvalue weighted by atomic mass is 28.3. The lowest BCUT2D eigenvalue weighted by Crippen LogP contribution is -2.35. The van der Waals surface area contributed by atoms with Crippen molar-refractivity contribution in [1.82, 2.24) is 34.1 Å². The zero-order valence-corrected chi connectivity index (χ0v) is 21.9. The Balaban J connectivity index is 1.24. The molecule has 0 spiro atoms. The molecule has 0 saturated carbocycles. The van der Waals surface area contributed by atoms with Gasteiger partial charge in [0, 0.05) is 59.5 Å². The molecule has 0 radical (unpaired) electrons. The first-order chi connectivity index (χ1) is 16.9. The summed E-state index contributed by atoms with van der Waals surface area (Å²) in [6.45, 7) is 10.2. The monoisotopic (exact) mass is 491 g/mol. The third-order valence-electron chi connectivity index (χ3n) is 6.53. The van der Waals surface area contributed by atoms with Gasteiger partial charge in [0.25, 0.3) is 0 Å². The van der Waals surface area contributed by atoms with Gasteiger partial charge in [-0.25, -0.2) is 24.9 Å². The molecule has 0 aliphatic carbocycles. The molecule has 1 aliphatic heterocycles. The Bertz CT molecular complexity index is 1250. The number of hydrogen-bond acceptors (Lipinski definition) is 8. The van der Waals surface area contributed by atoms with Gasteiger partial charge in [-0.1, -0.05) is 19.6 Å². The van der Waals surface area contributed by atoms with Gasteiger partial charge in [-0.2, -0.15) is 0 Å². The van der Waals surface area contributed by atoms with Gasteiger partial charge in [0.1, 0.15) is 36.7 Å². The number of fused-ring (bicyclic) bond motifs is 1. The predicted molar refractivity (Wildman–Crippen MR) is 140 cm³/mol. The van der Waals surface area contributed by atoms with Crippen molar-refractivity contribution in [2.24, 2.45) is 0 Å². The fraction of sp³-hybridized carbons (Fsp3) is 0.458. The van der Waals surface area contributed by atoms with Gasteiger partial charge in [-0.05, 0) is 18.5 Å². The standard InChI is InChI=1S/C24H33N9OSi/c1-30(21-13-27-22(14-26-21)32-10-7-25-17-32)19-5-8-31(15-19)23-20-6-9-33(24(20)29-16-28-23)18-34-11-12-35(2,3)4/h6-7,9-10,13-14,16-17,19H,5,8,11-12,15,18H2,1-4H3. The molecule has 4 aromatic heterocycles. The minimum atomic E-state index is -1.10. The number of anilines is 2. The van der Waals surface area contributed by atoms with Gasteiger partial charge >= 0.3 is 0 Å². The van der Waals surface area contributed by atoms with E-state index in [2.05, 4.69) is 78.2 Å². The molecule has 1 aliphatic rings. The number of hydrogen-bond donors (Lipinski definition) is 0. The van der Waals surface area contributed by atoms with Gasteiger partial charge < -0.3 is 19.1 Å². The molecule has 0 bridgehead atoms. The van der Waals surface area contributed by atoms with E-state index >= 15 is 0 Å². The first kappa shape index (κ1) is 23.4. The molecule has 0 N–H and O–H groups in total. The molecule has 1 unspecified atom stereocenters. The van der Waals surface area contributed by atoms with Crippen LogP contribution in [0.15, 0.2) is 49.7 Å². The zero-order chi connectivity index (χ0) is 24.4. The van der Waals surface area contributed by atoms with E-state index in [0.717, 1.165) is 60.6 Å². The summed E-state index contributed by atoms with van der Waals surface area (Å²) in [7, 11) is 0.984. The molecule has 1 saturated heterocycles. The van der Waals surface area contributed by atoms with Crippen LogP contribution in [-0.4, -0.2) is 74.9 Å². The van der Waals surface area contributed by atoms with Gasteiger partial charge in [0.15, 0.2) is 5.82 Å². The van der Waals surface area contributed by atoms with E-state index in [9.17, 15) is 0 Å². The molecule has 35 heavy (non-hydrogen) atoms. The highest BCUT2D eigenvalue weighted by Gasteiger charge is 2.29. The van der Waals surface area contributed by atoms with Crippen LogP contribution in [0.3, 0.4) is 0 Å². The average molecular weight is 492 g/mol. The van der Waals surface area contributed by atoms with E-state index in [1.165, 1.54) is 0 Å². The third kappa shape index (κ3) is 5.20. The molecule has 0 amide bonds. The number of nitrogens with zero attached hydrogens (tertiary/aromatic N) is 9. The van der Waals surface area contributed by atoms with Gasteiger partial charge in [0.05, 0.1) is 17.8 Å². The number of imidazole rings is 1. The fourth-order valence-electron chi connectivity index (χ4n) is 4.35. The van der Waals surface area contributed by atoms with Crippen LogP contribution in [-0.2, 0) is 11.5 Å². The maximum atomic E-state index is 5.96. The van der Waals surface area contributed by atoms with Gasteiger partial charge in [0.2, 0.25) is 0 Å². The summed E-state index contributed by atoms with van der Waals surface area (Å²) < 4.78 is 9.87. The van der Waals surface area contributed by atoms with Crippen molar-refractivity contribution in [3.8, 4) is 5.82 Å². The van der Waals surface area contributed by atoms with Crippen molar-refractivity contribution < 1.29 is 4.74 Å². The van der Waals surface area contributed by atoms with E-state index in [-0.39, 0.29) is 0 Å². The van der Waals surface area contributed by atoms with E-state index in [1.54, 1.807) is 25.0 Å². The van der Waals surface area contributed by atoms with Crippen LogP contribution in [0, 0.1) is 0 Å². The quantitative estimate of drug-likeness (QED) is 0.260. The molecule has 184 valence electrons. The number of likely N-dealkylation sites (N-methyl/N-ethyl adjacent to an activating group) is 1. The van der Waals surface area contributed by atoms with Gasteiger partial charge in [-0.3, -0.25) is 4.57 Å². The largest absolute Gasteiger partial charge is 0.361 e. The number of ether oxygens (including phenoxy) is 1. The maximum Gasteiger partial charge on any atom is 0.156 e. The van der Waals surface area contributed by atoms with E-state index in [1.807, 2.05) is 17.0 Å². The second-order valence-electron chi connectivity index (χ2n) is 10.3. The van der Waals surface area contributed by atoms with Crippen LogP contribution in [0.1, 0.15) is 6.42 Å². The minimum absolute atomic E-state index is 0.320. The highest BCUT2D eigenvalue weighted by molar-refractivity contribution is 6.76. The first-order valence-corrected chi connectivity index (χ1v) is 15.8. The van der Waals surface area contributed by atoms with Crippen LogP contribution in [0.25, 0.3) is 16.9 Å². The van der Waals surface area contributed by atoms with Crippen molar-refractivity contribution in [2.75, 3.05) is 36.5 Å². The summed E-state index contributed by atoms with van der Waals surface area (Å²) in [5.41, 5.74) is 0.917. The Kier molecular flexibility index (Phi) is 6.52. The molecule has 11 heteroatoms. The Morgan fingerprint density at radius 1 is 1.11 bits per heavy atom. The molecule has 0 aromatic carbocycles. The molecule has 5 rings (SSSR count). The lowest BCUT2D eigenvalue weighted by Gasteiger charge is -2.26. The number of rotatable bonds is 9. The van der Waals surface area contributed by atoms with Crippen LogP contribution in [0.4, 0.5) is 11.6 Å². The van der Waals surface area contributed by atoms with Crippen molar-refractivity contribution in [3.63, 3.8) is 0 Å². The Hall–Kier alpha value is -3.31. The lowest BCUT2D eigenvalue weighted by atomic mass is 10.2. The molecule has 4 aromatic rings. The van der Waals surface area contributed by atoms with Crippen molar-refractivity contribution in [3.05, 3.63) is 49.7 Å². The maximum absolute atomic E-state index is 5.96. The molecule has 10 nitrogen and oxygen atoms in total. The lowest BCUT2D eigenvalue weighted by molar-refractivity contribution is 0.0899. The topological polar surface area (TPSA) is 90.0 Å². The smallest absolute Gasteiger partial charge is 0.156 e. The summed E-state index contributed by atoms with van der Waals surface area (Å²) in [5, 5.41) is 1.06. The SMILES string of the molecule is CN(c1cnc(-n2ccnc2)cn1)C1CCN(c2ncnc3c2ccn3COCC[Si](C)(C)C)C1. The highest BCUT2D eigenvalue weighted by Crippen LogP contribution is 2.29. The molecule has 5 heterocycles. The molecule has 1 fully saturated rings. The van der Waals surface area contributed by atoms with E-state index in [0.29, 0.717) is 12.8 Å². The molecular weight excluding hydrogens is 458 g/mol. The third-order valence-corrected chi connectivity index (χ3v) is 8.23. The molecular formula is C24H33N9OSi. The fourth-order valence-corrected chi connectivity index (χ4v) is 5.11. The van der Waals surface area contributed by atoms with Crippen molar-refractivity contribution in [2.45, 2.75) is 44.9 Å². The Morgan fingerprint density at radius 2 is 2.00 bits per heavy atom. The zero-order valence-electron chi connectivity index (χ0n) is 20.9. The van der Waals surface area contributed by atoms with Crippen LogP contribution < -0.4 is 9.80 Å². The summed E-state index contributed by atoms with van der Waals surface area (Å²) in [4.78, 5) is 27.0. The summed E-state index contributed by atoms with van der Waals surface area (Å²) in [6.07, 6.45) is 13.6. The van der Waals surface area contributed by atoms with E-state index in [4.69, 9.17) is 4.74 Å². The van der Waals surface area contributed by atoms with E-state index < -0.39 is 8.07 Å². The van der Waals surface area contributed by atoms with Crippen molar-refractivity contribution in [1.29, 1.82) is 0 Å². The second-order valence-corrected chi connectivity index (χ2v) is 15.9. The molecule has 1 atom stereocenters. The van der Waals surface area contributed by atoms with Crippen LogP contribution in [0.2, 0.25) is 25.7 Å². The summed E-state index contributed by atoms with van der Waals surface area (Å²) in [6, 6.07) is 3.58. The minimum Gasteiger partial charge on any atom is -0.361 e. The number of aromatic nitrogens is 7. The Morgan fingerprint density at radius 3 is 2.74 bits per heavy atom.